The fourth-order valence-electron chi connectivity index (χ4n) is 2.90. The number of nitrogens with zero attached hydrogens (tertiary/aromatic N) is 3. The van der Waals surface area contributed by atoms with Crippen molar-refractivity contribution in [3.63, 3.8) is 0 Å². The van der Waals surface area contributed by atoms with Crippen molar-refractivity contribution in [2.45, 2.75) is 40.0 Å². The highest BCUT2D eigenvalue weighted by Crippen LogP contribution is 2.25. The number of fused-ring (bicyclic) bond motifs is 1. The summed E-state index contributed by atoms with van der Waals surface area (Å²) in [4.78, 5) is 17.0. The lowest BCUT2D eigenvalue weighted by molar-refractivity contribution is 0.329. The van der Waals surface area contributed by atoms with Crippen molar-refractivity contribution in [3.8, 4) is 0 Å². The van der Waals surface area contributed by atoms with E-state index in [-0.39, 0.29) is 0 Å². The summed E-state index contributed by atoms with van der Waals surface area (Å²) in [5.74, 6) is 1.46. The molecule has 5 heteroatoms. The van der Waals surface area contributed by atoms with E-state index in [1.54, 1.807) is 12.4 Å². The molecule has 1 N–H and O–H groups in total. The molecule has 0 aliphatic carbocycles. The maximum atomic E-state index is 5.83. The van der Waals surface area contributed by atoms with Gasteiger partial charge >= 0.3 is 0 Å². The number of amidine groups is 1. The standard InChI is InChI=1S/C18H22N4O/c1-4-14-12(3)17-15(21-14)8-9-16(22-18(17)23-5-2)20-13-7-6-10-19-11-13/h6-7,10-11,21H,4-5,8-9H2,1-3H3. The van der Waals surface area contributed by atoms with Crippen LogP contribution < -0.4 is 0 Å². The van der Waals surface area contributed by atoms with Crippen molar-refractivity contribution in [2.75, 3.05) is 6.61 Å². The average Bonchev–Trinajstić information content (AvgIpc) is 2.78. The quantitative estimate of drug-likeness (QED) is 0.938. The van der Waals surface area contributed by atoms with Crippen LogP contribution in [-0.2, 0) is 17.6 Å². The lowest BCUT2D eigenvalue weighted by atomic mass is 10.1. The highest BCUT2D eigenvalue weighted by Gasteiger charge is 2.23. The minimum absolute atomic E-state index is 0.588. The van der Waals surface area contributed by atoms with E-state index in [0.29, 0.717) is 12.5 Å². The fourth-order valence-corrected chi connectivity index (χ4v) is 2.90. The maximum absolute atomic E-state index is 5.83. The first-order chi connectivity index (χ1) is 11.2. The Morgan fingerprint density at radius 2 is 2.17 bits per heavy atom. The SMILES string of the molecule is CCOC1=NC(=Nc2cccnc2)CCc2[nH]c(CC)c(C)c21. The second-order valence-corrected chi connectivity index (χ2v) is 5.52. The van der Waals surface area contributed by atoms with Crippen LogP contribution in [0.25, 0.3) is 0 Å². The molecule has 0 saturated carbocycles. The first-order valence-corrected chi connectivity index (χ1v) is 8.12. The lowest BCUT2D eigenvalue weighted by Gasteiger charge is -2.07. The number of rotatable bonds is 3. The van der Waals surface area contributed by atoms with E-state index in [2.05, 4.69) is 28.8 Å². The smallest absolute Gasteiger partial charge is 0.224 e. The fraction of sp³-hybridized carbons (Fsp3) is 0.389. The van der Waals surface area contributed by atoms with Crippen molar-refractivity contribution in [2.24, 2.45) is 9.98 Å². The summed E-state index contributed by atoms with van der Waals surface area (Å²) in [5.41, 5.74) is 5.62. The summed E-state index contributed by atoms with van der Waals surface area (Å²) in [6.45, 7) is 6.86. The molecule has 3 rings (SSSR count). The first kappa shape index (κ1) is 15.5. The summed E-state index contributed by atoms with van der Waals surface area (Å²) in [6.07, 6.45) is 6.13. The Bertz CT molecular complexity index is 744. The summed E-state index contributed by atoms with van der Waals surface area (Å²) < 4.78 is 5.83. The first-order valence-electron chi connectivity index (χ1n) is 8.12. The minimum Gasteiger partial charge on any atom is -0.477 e. The third kappa shape index (κ3) is 3.18. The van der Waals surface area contributed by atoms with E-state index >= 15 is 0 Å². The molecule has 0 amide bonds. The number of hydrogen-bond acceptors (Lipinski definition) is 3. The summed E-state index contributed by atoms with van der Waals surface area (Å²) >= 11 is 0. The summed E-state index contributed by atoms with van der Waals surface area (Å²) in [5, 5.41) is 0. The summed E-state index contributed by atoms with van der Waals surface area (Å²) in [6, 6.07) is 3.81. The van der Waals surface area contributed by atoms with Crippen molar-refractivity contribution in [3.05, 3.63) is 47.0 Å². The Kier molecular flexibility index (Phi) is 4.55. The molecule has 1 aliphatic heterocycles. The second kappa shape index (κ2) is 6.77. The highest BCUT2D eigenvalue weighted by molar-refractivity contribution is 6.06. The van der Waals surface area contributed by atoms with Gasteiger partial charge in [0.25, 0.3) is 0 Å². The van der Waals surface area contributed by atoms with Gasteiger partial charge in [-0.2, -0.15) is 4.99 Å². The zero-order chi connectivity index (χ0) is 16.2. The van der Waals surface area contributed by atoms with Crippen LogP contribution in [0.15, 0.2) is 34.5 Å². The van der Waals surface area contributed by atoms with E-state index in [1.165, 1.54) is 17.0 Å². The Hall–Kier alpha value is -2.43. The third-order valence-corrected chi connectivity index (χ3v) is 4.01. The molecule has 3 heterocycles. The topological polar surface area (TPSA) is 62.6 Å². The van der Waals surface area contributed by atoms with Gasteiger partial charge in [0, 0.05) is 24.0 Å². The molecule has 0 atom stereocenters. The number of H-pyrrole nitrogens is 1. The van der Waals surface area contributed by atoms with E-state index in [4.69, 9.17) is 9.73 Å². The van der Waals surface area contributed by atoms with Crippen LogP contribution in [0, 0.1) is 6.92 Å². The van der Waals surface area contributed by atoms with Crippen LogP contribution in [-0.4, -0.2) is 28.3 Å². The van der Waals surface area contributed by atoms with E-state index in [9.17, 15) is 0 Å². The van der Waals surface area contributed by atoms with Crippen molar-refractivity contribution in [1.82, 2.24) is 9.97 Å². The molecule has 0 unspecified atom stereocenters. The molecule has 23 heavy (non-hydrogen) atoms. The number of ether oxygens (including phenoxy) is 1. The Morgan fingerprint density at radius 3 is 2.87 bits per heavy atom. The number of pyridine rings is 1. The van der Waals surface area contributed by atoms with Gasteiger partial charge in [0.05, 0.1) is 24.1 Å². The van der Waals surface area contributed by atoms with Crippen LogP contribution in [0.4, 0.5) is 5.69 Å². The molecular formula is C18H22N4O. The second-order valence-electron chi connectivity index (χ2n) is 5.52. The van der Waals surface area contributed by atoms with Crippen LogP contribution in [0.3, 0.4) is 0 Å². The van der Waals surface area contributed by atoms with Crippen molar-refractivity contribution >= 4 is 17.4 Å². The van der Waals surface area contributed by atoms with Gasteiger partial charge in [-0.05, 0) is 44.4 Å². The van der Waals surface area contributed by atoms with Crippen LogP contribution in [0.1, 0.15) is 42.8 Å². The largest absolute Gasteiger partial charge is 0.477 e. The molecule has 2 aromatic heterocycles. The normalized spacial score (nSPS) is 16.0. The molecule has 0 radical (unpaired) electrons. The van der Waals surface area contributed by atoms with Crippen LogP contribution in [0.5, 0.6) is 0 Å². The number of hydrogen-bond donors (Lipinski definition) is 1. The summed E-state index contributed by atoms with van der Waals surface area (Å²) in [7, 11) is 0. The van der Waals surface area contributed by atoms with Gasteiger partial charge in [0.1, 0.15) is 5.84 Å². The van der Waals surface area contributed by atoms with Gasteiger partial charge in [-0.15, -0.1) is 0 Å². The van der Waals surface area contributed by atoms with Crippen molar-refractivity contribution in [1.29, 1.82) is 0 Å². The zero-order valence-corrected chi connectivity index (χ0v) is 13.9. The molecule has 2 aromatic rings. The third-order valence-electron chi connectivity index (χ3n) is 4.01. The van der Waals surface area contributed by atoms with Crippen LogP contribution in [0.2, 0.25) is 0 Å². The Morgan fingerprint density at radius 1 is 1.30 bits per heavy atom. The van der Waals surface area contributed by atoms with E-state index < -0.39 is 0 Å². The predicted octanol–water partition coefficient (Wildman–Crippen LogP) is 3.74. The van der Waals surface area contributed by atoms with Crippen LogP contribution >= 0.6 is 0 Å². The minimum atomic E-state index is 0.588. The molecule has 0 fully saturated rings. The molecule has 0 saturated heterocycles. The highest BCUT2D eigenvalue weighted by atomic mass is 16.5. The molecule has 0 bridgehead atoms. The predicted molar refractivity (Wildman–Crippen MR) is 92.7 cm³/mol. The van der Waals surface area contributed by atoms with Gasteiger partial charge in [0.2, 0.25) is 5.90 Å². The van der Waals surface area contributed by atoms with E-state index in [0.717, 1.165) is 36.3 Å². The number of aliphatic imine (C=N–C) groups is 2. The van der Waals surface area contributed by atoms with Gasteiger partial charge in [0.15, 0.2) is 0 Å². The maximum Gasteiger partial charge on any atom is 0.224 e. The molecule has 120 valence electrons. The molecule has 0 spiro atoms. The Labute approximate surface area is 136 Å². The molecule has 0 aromatic carbocycles. The molecular weight excluding hydrogens is 288 g/mol. The number of aryl methyl sites for hydroxylation is 2. The average molecular weight is 310 g/mol. The van der Waals surface area contributed by atoms with Gasteiger partial charge in [-0.1, -0.05) is 6.92 Å². The lowest BCUT2D eigenvalue weighted by Crippen LogP contribution is -2.09. The molecule has 1 aliphatic rings. The number of aromatic amines is 1. The van der Waals surface area contributed by atoms with Gasteiger partial charge < -0.3 is 9.72 Å². The Balaban J connectivity index is 2.04. The van der Waals surface area contributed by atoms with E-state index in [1.807, 2.05) is 19.1 Å². The number of nitrogens with one attached hydrogen (secondary N) is 1. The monoisotopic (exact) mass is 310 g/mol. The molecule has 5 nitrogen and oxygen atoms in total. The van der Waals surface area contributed by atoms with Gasteiger partial charge in [-0.3, -0.25) is 4.98 Å². The van der Waals surface area contributed by atoms with Gasteiger partial charge in [-0.25, -0.2) is 4.99 Å². The number of aromatic nitrogens is 2. The zero-order valence-electron chi connectivity index (χ0n) is 13.9. The van der Waals surface area contributed by atoms with Crippen molar-refractivity contribution < 1.29 is 4.74 Å².